The Hall–Kier alpha value is -0.740. The van der Waals surface area contributed by atoms with Crippen LogP contribution in [0.4, 0.5) is 5.69 Å². The summed E-state index contributed by atoms with van der Waals surface area (Å²) in [6, 6.07) is 9.88. The highest BCUT2D eigenvalue weighted by Gasteiger charge is 2.13. The second-order valence-electron chi connectivity index (χ2n) is 4.09. The summed E-state index contributed by atoms with van der Waals surface area (Å²) in [6.45, 7) is 0. The molecule has 0 aliphatic rings. The molecule has 1 heterocycles. The van der Waals surface area contributed by atoms with Crippen molar-refractivity contribution in [2.24, 2.45) is 5.73 Å². The third-order valence-corrected chi connectivity index (χ3v) is 3.97. The smallest absolute Gasteiger partial charge is 0.0660 e. The fourth-order valence-corrected chi connectivity index (χ4v) is 2.71. The molecule has 2 rings (SSSR count). The average molecular weight is 303 g/mol. The van der Waals surface area contributed by atoms with Crippen molar-refractivity contribution in [3.63, 3.8) is 0 Å². The van der Waals surface area contributed by atoms with Gasteiger partial charge in [-0.15, -0.1) is 23.7 Å². The molecule has 5 heteroatoms. The van der Waals surface area contributed by atoms with Crippen LogP contribution in [0, 0.1) is 0 Å². The average Bonchev–Trinajstić information content (AvgIpc) is 2.81. The lowest BCUT2D eigenvalue weighted by molar-refractivity contribution is 0.893. The zero-order chi connectivity index (χ0) is 12.4. The molecule has 2 N–H and O–H groups in total. The summed E-state index contributed by atoms with van der Waals surface area (Å²) < 4.78 is 0. The fraction of sp³-hybridized carbons (Fsp3) is 0.231. The maximum Gasteiger partial charge on any atom is 0.0660 e. The standard InChI is InChI=1S/C13H15ClN2S.ClH/c1-16(2)9-5-6-10(11(14)8-9)13(15)12-4-3-7-17-12;/h3-8,13H,15H2,1-2H3;1H/t13-;/m0./s1. The summed E-state index contributed by atoms with van der Waals surface area (Å²) in [5.41, 5.74) is 8.25. The van der Waals surface area contributed by atoms with Crippen LogP contribution in [0.15, 0.2) is 35.7 Å². The van der Waals surface area contributed by atoms with Crippen LogP contribution in [0.3, 0.4) is 0 Å². The Bertz CT molecular complexity index is 498. The molecule has 98 valence electrons. The van der Waals surface area contributed by atoms with Crippen molar-refractivity contribution in [1.82, 2.24) is 0 Å². The second-order valence-corrected chi connectivity index (χ2v) is 5.48. The first-order chi connectivity index (χ1) is 8.09. The van der Waals surface area contributed by atoms with E-state index in [1.807, 2.05) is 54.7 Å². The van der Waals surface area contributed by atoms with Gasteiger partial charge in [0.15, 0.2) is 0 Å². The molecule has 0 aliphatic heterocycles. The number of nitrogens with zero attached hydrogens (tertiary/aromatic N) is 1. The Morgan fingerprint density at radius 1 is 1.28 bits per heavy atom. The number of benzene rings is 1. The van der Waals surface area contributed by atoms with Gasteiger partial charge in [-0.3, -0.25) is 0 Å². The topological polar surface area (TPSA) is 29.3 Å². The van der Waals surface area contributed by atoms with Gasteiger partial charge in [-0.25, -0.2) is 0 Å². The minimum Gasteiger partial charge on any atom is -0.378 e. The predicted molar refractivity (Wildman–Crippen MR) is 83.4 cm³/mol. The maximum absolute atomic E-state index is 6.28. The minimum absolute atomic E-state index is 0. The van der Waals surface area contributed by atoms with Crippen molar-refractivity contribution < 1.29 is 0 Å². The number of hydrogen-bond acceptors (Lipinski definition) is 3. The summed E-state index contributed by atoms with van der Waals surface area (Å²) >= 11 is 7.93. The van der Waals surface area contributed by atoms with Crippen molar-refractivity contribution >= 4 is 41.0 Å². The van der Waals surface area contributed by atoms with Crippen molar-refractivity contribution in [3.05, 3.63) is 51.2 Å². The maximum atomic E-state index is 6.28. The Morgan fingerprint density at radius 2 is 2.00 bits per heavy atom. The van der Waals surface area contributed by atoms with Crippen LogP contribution in [-0.2, 0) is 0 Å². The van der Waals surface area contributed by atoms with Gasteiger partial charge in [-0.05, 0) is 29.1 Å². The van der Waals surface area contributed by atoms with Crippen LogP contribution in [-0.4, -0.2) is 14.1 Å². The lowest BCUT2D eigenvalue weighted by atomic mass is 10.1. The van der Waals surface area contributed by atoms with Crippen molar-refractivity contribution in [2.75, 3.05) is 19.0 Å². The second kappa shape index (κ2) is 6.43. The summed E-state index contributed by atoms with van der Waals surface area (Å²) in [5.74, 6) is 0. The van der Waals surface area contributed by atoms with Crippen LogP contribution in [0.2, 0.25) is 5.02 Å². The van der Waals surface area contributed by atoms with Gasteiger partial charge < -0.3 is 10.6 Å². The first-order valence-corrected chi connectivity index (χ1v) is 6.61. The van der Waals surface area contributed by atoms with Crippen molar-refractivity contribution in [1.29, 1.82) is 0 Å². The Labute approximate surface area is 123 Å². The number of thiophene rings is 1. The molecule has 0 spiro atoms. The molecule has 1 atom stereocenters. The molecule has 0 saturated carbocycles. The number of halogens is 2. The molecule has 2 aromatic rings. The van der Waals surface area contributed by atoms with E-state index in [0.717, 1.165) is 21.2 Å². The molecule has 2 nitrogen and oxygen atoms in total. The van der Waals surface area contributed by atoms with E-state index in [9.17, 15) is 0 Å². The first-order valence-electron chi connectivity index (χ1n) is 5.35. The summed E-state index contributed by atoms with van der Waals surface area (Å²) in [7, 11) is 3.98. The molecule has 0 fully saturated rings. The van der Waals surface area contributed by atoms with Crippen LogP contribution in [0.5, 0.6) is 0 Å². The van der Waals surface area contributed by atoms with E-state index in [0.29, 0.717) is 0 Å². The lowest BCUT2D eigenvalue weighted by Crippen LogP contribution is -2.12. The Morgan fingerprint density at radius 3 is 2.50 bits per heavy atom. The molecular weight excluding hydrogens is 287 g/mol. The van der Waals surface area contributed by atoms with Crippen LogP contribution in [0.25, 0.3) is 0 Å². The molecular formula is C13H16Cl2N2S. The zero-order valence-electron chi connectivity index (χ0n) is 10.3. The SMILES string of the molecule is CN(C)c1ccc([C@H](N)c2cccs2)c(Cl)c1.Cl. The van der Waals surface area contributed by atoms with Gasteiger partial charge in [0.1, 0.15) is 0 Å². The van der Waals surface area contributed by atoms with Gasteiger partial charge >= 0.3 is 0 Å². The van der Waals surface area contributed by atoms with E-state index in [1.54, 1.807) is 11.3 Å². The first kappa shape index (κ1) is 15.3. The molecule has 0 amide bonds. The van der Waals surface area contributed by atoms with Gasteiger partial charge in [0, 0.05) is 29.7 Å². The third kappa shape index (κ3) is 3.18. The molecule has 0 saturated heterocycles. The molecule has 0 radical (unpaired) electrons. The van der Waals surface area contributed by atoms with Gasteiger partial charge in [0.05, 0.1) is 6.04 Å². The lowest BCUT2D eigenvalue weighted by Gasteiger charge is -2.17. The summed E-state index contributed by atoms with van der Waals surface area (Å²) in [6.07, 6.45) is 0. The number of nitrogens with two attached hydrogens (primary N) is 1. The predicted octanol–water partition coefficient (Wildman–Crippen LogP) is 3.94. The fourth-order valence-electron chi connectivity index (χ4n) is 1.67. The van der Waals surface area contributed by atoms with Crippen LogP contribution < -0.4 is 10.6 Å². The molecule has 0 unspecified atom stereocenters. The van der Waals surface area contributed by atoms with Crippen molar-refractivity contribution in [2.45, 2.75) is 6.04 Å². The number of hydrogen-bond donors (Lipinski definition) is 1. The van der Waals surface area contributed by atoms with E-state index in [2.05, 4.69) is 0 Å². The van der Waals surface area contributed by atoms with Gasteiger partial charge in [-0.2, -0.15) is 0 Å². The highest BCUT2D eigenvalue weighted by molar-refractivity contribution is 7.10. The Balaban J connectivity index is 0.00000162. The van der Waals surface area contributed by atoms with Crippen LogP contribution in [0.1, 0.15) is 16.5 Å². The number of anilines is 1. The van der Waals surface area contributed by atoms with Gasteiger partial charge in [-0.1, -0.05) is 23.7 Å². The Kier molecular flexibility index (Phi) is 5.47. The highest BCUT2D eigenvalue weighted by Crippen LogP contribution is 2.31. The summed E-state index contributed by atoms with van der Waals surface area (Å²) in [5, 5.41) is 2.74. The minimum atomic E-state index is -0.140. The third-order valence-electron chi connectivity index (χ3n) is 2.69. The quantitative estimate of drug-likeness (QED) is 0.930. The van der Waals surface area contributed by atoms with Gasteiger partial charge in [0.2, 0.25) is 0 Å². The molecule has 1 aromatic heterocycles. The molecule has 0 aliphatic carbocycles. The molecule has 1 aromatic carbocycles. The van der Waals surface area contributed by atoms with E-state index in [-0.39, 0.29) is 18.4 Å². The normalized spacial score (nSPS) is 11.8. The number of rotatable bonds is 3. The van der Waals surface area contributed by atoms with Crippen molar-refractivity contribution in [3.8, 4) is 0 Å². The van der Waals surface area contributed by atoms with E-state index in [1.165, 1.54) is 0 Å². The van der Waals surface area contributed by atoms with E-state index < -0.39 is 0 Å². The highest BCUT2D eigenvalue weighted by atomic mass is 35.5. The monoisotopic (exact) mass is 302 g/mol. The zero-order valence-corrected chi connectivity index (χ0v) is 12.6. The molecule has 0 bridgehead atoms. The summed E-state index contributed by atoms with van der Waals surface area (Å²) in [4.78, 5) is 3.15. The largest absolute Gasteiger partial charge is 0.378 e. The van der Waals surface area contributed by atoms with E-state index >= 15 is 0 Å². The van der Waals surface area contributed by atoms with Crippen LogP contribution >= 0.6 is 35.3 Å². The van der Waals surface area contributed by atoms with Gasteiger partial charge in [0.25, 0.3) is 0 Å². The molecule has 18 heavy (non-hydrogen) atoms. The van der Waals surface area contributed by atoms with E-state index in [4.69, 9.17) is 17.3 Å².